The zero-order chi connectivity index (χ0) is 13.0. The predicted octanol–water partition coefficient (Wildman–Crippen LogP) is 3.15. The van der Waals surface area contributed by atoms with Crippen LogP contribution in [0.1, 0.15) is 36.2 Å². The van der Waals surface area contributed by atoms with Crippen LogP contribution in [0.5, 0.6) is 0 Å². The Morgan fingerprint density at radius 2 is 2.06 bits per heavy atom. The van der Waals surface area contributed by atoms with E-state index in [1.54, 1.807) is 32.0 Å². The van der Waals surface area contributed by atoms with Crippen molar-refractivity contribution in [2.24, 2.45) is 0 Å². The highest BCUT2D eigenvalue weighted by Gasteiger charge is 2.13. The Bertz CT molecular complexity index is 441. The molecule has 1 aromatic rings. The fraction of sp³-hybridized carbons (Fsp3) is 0.385. The zero-order valence-corrected chi connectivity index (χ0v) is 11.0. The summed E-state index contributed by atoms with van der Waals surface area (Å²) in [5.41, 5.74) is 2.16. The van der Waals surface area contributed by atoms with Crippen LogP contribution in [0.25, 0.3) is 0 Å². The molecule has 0 saturated heterocycles. The van der Waals surface area contributed by atoms with E-state index in [-0.39, 0.29) is 11.7 Å². The molecule has 0 bridgehead atoms. The van der Waals surface area contributed by atoms with Crippen LogP contribution in [0.3, 0.4) is 0 Å². The van der Waals surface area contributed by atoms with Crippen LogP contribution in [0.2, 0.25) is 0 Å². The second kappa shape index (κ2) is 5.82. The molecule has 1 rings (SSSR count). The molecule has 1 unspecified atom stereocenters. The summed E-state index contributed by atoms with van der Waals surface area (Å²) in [6.45, 7) is 5.28. The molecule has 0 fully saturated rings. The number of amides is 1. The molecule has 1 amide bonds. The molecule has 1 aromatic carbocycles. The van der Waals surface area contributed by atoms with E-state index in [1.165, 1.54) is 0 Å². The molecule has 0 aliphatic rings. The number of ketones is 1. The highest BCUT2D eigenvalue weighted by molar-refractivity contribution is 6.33. The van der Waals surface area contributed by atoms with E-state index in [0.717, 1.165) is 11.3 Å². The number of alkyl halides is 1. The van der Waals surface area contributed by atoms with Crippen LogP contribution < -0.4 is 5.32 Å². The Balaban J connectivity index is 2.94. The van der Waals surface area contributed by atoms with Gasteiger partial charge in [-0.25, -0.2) is 0 Å². The third-order valence-electron chi connectivity index (χ3n) is 2.47. The molecule has 4 heteroatoms. The quantitative estimate of drug-likeness (QED) is 0.662. The molecule has 0 aliphatic heterocycles. The number of nitrogens with one attached hydrogen (secondary N) is 1. The lowest BCUT2D eigenvalue weighted by Crippen LogP contribution is -2.13. The van der Waals surface area contributed by atoms with Gasteiger partial charge in [0.1, 0.15) is 0 Å². The molecule has 0 radical (unpaired) electrons. The highest BCUT2D eigenvalue weighted by atomic mass is 35.5. The molecule has 0 saturated carbocycles. The molecule has 0 aromatic heterocycles. The van der Waals surface area contributed by atoms with Gasteiger partial charge in [0.2, 0.25) is 5.91 Å². The number of carbonyl (C=O) groups excluding carboxylic acids is 2. The van der Waals surface area contributed by atoms with Crippen molar-refractivity contribution in [3.05, 3.63) is 29.3 Å². The molecule has 1 N–H and O–H groups in total. The van der Waals surface area contributed by atoms with Gasteiger partial charge in [-0.05, 0) is 37.6 Å². The van der Waals surface area contributed by atoms with Gasteiger partial charge in [-0.2, -0.15) is 0 Å². The van der Waals surface area contributed by atoms with Gasteiger partial charge in [0.15, 0.2) is 5.78 Å². The summed E-state index contributed by atoms with van der Waals surface area (Å²) in [5, 5.41) is 2.24. The van der Waals surface area contributed by atoms with Crippen molar-refractivity contribution in [2.75, 3.05) is 5.32 Å². The van der Waals surface area contributed by atoms with Crippen molar-refractivity contribution >= 4 is 29.0 Å². The van der Waals surface area contributed by atoms with E-state index in [2.05, 4.69) is 5.32 Å². The summed E-state index contributed by atoms with van der Waals surface area (Å²) in [6, 6.07) is 5.15. The Morgan fingerprint density at radius 1 is 1.41 bits per heavy atom. The van der Waals surface area contributed by atoms with Gasteiger partial charge in [0.25, 0.3) is 0 Å². The number of Topliss-reactive ketones (excluding diaryl/α,β-unsaturated/α-hetero) is 1. The molecule has 1 atom stereocenters. The lowest BCUT2D eigenvalue weighted by Gasteiger charge is -2.09. The van der Waals surface area contributed by atoms with Crippen LogP contribution in [-0.4, -0.2) is 17.1 Å². The van der Waals surface area contributed by atoms with E-state index >= 15 is 0 Å². The molecule has 0 spiro atoms. The average Bonchev–Trinajstić information content (AvgIpc) is 2.30. The van der Waals surface area contributed by atoms with Crippen molar-refractivity contribution in [2.45, 2.75) is 32.6 Å². The van der Waals surface area contributed by atoms with Gasteiger partial charge >= 0.3 is 0 Å². The number of anilines is 1. The van der Waals surface area contributed by atoms with E-state index in [9.17, 15) is 9.59 Å². The van der Waals surface area contributed by atoms with Crippen molar-refractivity contribution in [3.63, 3.8) is 0 Å². The van der Waals surface area contributed by atoms with E-state index in [4.69, 9.17) is 11.6 Å². The number of benzene rings is 1. The molecular formula is C13H16ClNO2. The number of carbonyl (C=O) groups is 2. The summed E-state index contributed by atoms with van der Waals surface area (Å²) in [4.78, 5) is 22.9. The molecule has 17 heavy (non-hydrogen) atoms. The minimum atomic E-state index is -0.537. The van der Waals surface area contributed by atoms with E-state index < -0.39 is 5.38 Å². The molecule has 92 valence electrons. The van der Waals surface area contributed by atoms with Crippen LogP contribution in [0, 0.1) is 6.92 Å². The standard InChI is InChI=1S/C13H16ClNO2/c1-4-12(16)15-11-6-5-10(7-8(11)2)13(17)9(3)14/h5-7,9H,4H2,1-3H3,(H,15,16). The lowest BCUT2D eigenvalue weighted by molar-refractivity contribution is -0.115. The van der Waals surface area contributed by atoms with E-state index in [1.807, 2.05) is 6.92 Å². The summed E-state index contributed by atoms with van der Waals surface area (Å²) < 4.78 is 0. The number of hydrogen-bond donors (Lipinski definition) is 1. The van der Waals surface area contributed by atoms with Crippen LogP contribution in [0.4, 0.5) is 5.69 Å². The average molecular weight is 254 g/mol. The summed E-state index contributed by atoms with van der Waals surface area (Å²) >= 11 is 5.74. The lowest BCUT2D eigenvalue weighted by atomic mass is 10.0. The van der Waals surface area contributed by atoms with Crippen molar-refractivity contribution < 1.29 is 9.59 Å². The first-order valence-corrected chi connectivity index (χ1v) is 5.98. The Kier molecular flexibility index (Phi) is 4.70. The van der Waals surface area contributed by atoms with Crippen LogP contribution in [0.15, 0.2) is 18.2 Å². The Labute approximate surface area is 106 Å². The summed E-state index contributed by atoms with van der Waals surface area (Å²) in [6.07, 6.45) is 0.429. The van der Waals surface area contributed by atoms with Gasteiger partial charge in [-0.3, -0.25) is 9.59 Å². The van der Waals surface area contributed by atoms with Gasteiger partial charge in [-0.15, -0.1) is 11.6 Å². The highest BCUT2D eigenvalue weighted by Crippen LogP contribution is 2.18. The third-order valence-corrected chi connectivity index (χ3v) is 2.67. The molecule has 0 aliphatic carbocycles. The predicted molar refractivity (Wildman–Crippen MR) is 69.7 cm³/mol. The van der Waals surface area contributed by atoms with Gasteiger partial charge in [0, 0.05) is 17.7 Å². The minimum Gasteiger partial charge on any atom is -0.326 e. The summed E-state index contributed by atoms with van der Waals surface area (Å²) in [7, 11) is 0. The van der Waals surface area contributed by atoms with E-state index in [0.29, 0.717) is 12.0 Å². The minimum absolute atomic E-state index is 0.0436. The van der Waals surface area contributed by atoms with Crippen molar-refractivity contribution in [3.8, 4) is 0 Å². The fourth-order valence-corrected chi connectivity index (χ4v) is 1.55. The first-order chi connectivity index (χ1) is 7.95. The van der Waals surface area contributed by atoms with Crippen molar-refractivity contribution in [1.82, 2.24) is 0 Å². The van der Waals surface area contributed by atoms with Gasteiger partial charge < -0.3 is 5.32 Å². The maximum atomic E-state index is 11.7. The third kappa shape index (κ3) is 3.56. The Hall–Kier alpha value is -1.35. The first-order valence-electron chi connectivity index (χ1n) is 5.54. The number of hydrogen-bond acceptors (Lipinski definition) is 2. The fourth-order valence-electron chi connectivity index (χ4n) is 1.43. The molecular weight excluding hydrogens is 238 g/mol. The maximum Gasteiger partial charge on any atom is 0.224 e. The van der Waals surface area contributed by atoms with Gasteiger partial charge in [-0.1, -0.05) is 6.92 Å². The van der Waals surface area contributed by atoms with Crippen LogP contribution >= 0.6 is 11.6 Å². The van der Waals surface area contributed by atoms with Crippen molar-refractivity contribution in [1.29, 1.82) is 0 Å². The SMILES string of the molecule is CCC(=O)Nc1ccc(C(=O)C(C)Cl)cc1C. The number of rotatable bonds is 4. The number of halogens is 1. The second-order valence-electron chi connectivity index (χ2n) is 3.91. The number of aryl methyl sites for hydroxylation is 1. The monoisotopic (exact) mass is 253 g/mol. The Morgan fingerprint density at radius 3 is 2.53 bits per heavy atom. The first kappa shape index (κ1) is 13.7. The smallest absolute Gasteiger partial charge is 0.224 e. The summed E-state index contributed by atoms with van der Waals surface area (Å²) in [5.74, 6) is -0.152. The molecule has 0 heterocycles. The zero-order valence-electron chi connectivity index (χ0n) is 10.2. The van der Waals surface area contributed by atoms with Gasteiger partial charge in [0.05, 0.1) is 5.38 Å². The van der Waals surface area contributed by atoms with Crippen LogP contribution in [-0.2, 0) is 4.79 Å². The second-order valence-corrected chi connectivity index (χ2v) is 4.57. The maximum absolute atomic E-state index is 11.7. The molecule has 3 nitrogen and oxygen atoms in total. The topological polar surface area (TPSA) is 46.2 Å². The normalized spacial score (nSPS) is 12.0. The largest absolute Gasteiger partial charge is 0.326 e.